The fourth-order valence-corrected chi connectivity index (χ4v) is 0.321. The zero-order valence-corrected chi connectivity index (χ0v) is 10.9. The molecule has 0 aromatic heterocycles. The Bertz CT molecular complexity index is 214. The van der Waals surface area contributed by atoms with Crippen LogP contribution in [0.15, 0.2) is 24.3 Å². The summed E-state index contributed by atoms with van der Waals surface area (Å²) < 4.78 is 53.0. The van der Waals surface area contributed by atoms with E-state index in [2.05, 4.69) is 32.6 Å². The van der Waals surface area contributed by atoms with Crippen LogP contribution in [0.3, 0.4) is 0 Å². The first kappa shape index (κ1) is 30.0. The van der Waals surface area contributed by atoms with E-state index in [1.54, 1.807) is 0 Å². The Morgan fingerprint density at radius 2 is 0.941 bits per heavy atom. The van der Waals surface area contributed by atoms with Gasteiger partial charge in [-0.25, -0.2) is 0 Å². The van der Waals surface area contributed by atoms with Gasteiger partial charge in [0.1, 0.15) is 0 Å². The van der Waals surface area contributed by atoms with E-state index < -0.39 is 5.51 Å². The van der Waals surface area contributed by atoms with E-state index in [0.29, 0.717) is 0 Å². The van der Waals surface area contributed by atoms with Crippen LogP contribution in [-0.2, 0) is 47.7 Å². The van der Waals surface area contributed by atoms with Gasteiger partial charge in [-0.1, -0.05) is 24.3 Å². The molecule has 17 heavy (non-hydrogen) atoms. The average molecular weight is 346 g/mol. The molecule has 0 aromatic rings. The molecule has 0 fully saturated rings. The Kier molecular flexibility index (Phi) is 52.2. The van der Waals surface area contributed by atoms with Crippen molar-refractivity contribution < 1.29 is 48.2 Å². The van der Waals surface area contributed by atoms with Crippen molar-refractivity contribution in [2.45, 2.75) is 5.51 Å². The molecule has 1 aliphatic carbocycles. The summed E-state index contributed by atoms with van der Waals surface area (Å²) in [5.74, 6) is 0. The summed E-state index contributed by atoms with van der Waals surface area (Å²) in [6, 6.07) is 0. The number of hydrogen-bond acceptors (Lipinski definition) is 1. The van der Waals surface area contributed by atoms with Gasteiger partial charge in [-0.15, -0.1) is 0 Å². The zero-order chi connectivity index (χ0) is 14.0. The molecule has 0 saturated carbocycles. The molecule has 0 aromatic carbocycles. The molecule has 93 valence electrons. The quantitative estimate of drug-likeness (QED) is 0.287. The van der Waals surface area contributed by atoms with Crippen molar-refractivity contribution in [3.8, 4) is 0 Å². The molecule has 0 N–H and O–H groups in total. The molecular formula is C9H5F3MoO3S-. The van der Waals surface area contributed by atoms with Crippen molar-refractivity contribution in [1.82, 2.24) is 0 Å². The van der Waals surface area contributed by atoms with Gasteiger partial charge in [0.05, 0.1) is 0 Å². The first-order valence-corrected chi connectivity index (χ1v) is 3.46. The number of halogens is 3. The second-order valence-electron chi connectivity index (χ2n) is 1.41. The predicted octanol–water partition coefficient (Wildman–Crippen LogP) is 2.25. The maximum atomic E-state index is 10.2. The minimum Gasteiger partial charge on any atom is -0.0767 e. The summed E-state index contributed by atoms with van der Waals surface area (Å²) in [7, 11) is 0. The second-order valence-corrected chi connectivity index (χ2v) is 1.87. The number of hydrogen-bond donors (Lipinski definition) is 0. The summed E-state index contributed by atoms with van der Waals surface area (Å²) in [5, 5.41) is 0. The molecule has 0 saturated heterocycles. The predicted molar refractivity (Wildman–Crippen MR) is 47.8 cm³/mol. The molecule has 8 heteroatoms. The molecule has 0 bridgehead atoms. The van der Waals surface area contributed by atoms with Gasteiger partial charge >= 0.3 is 33.9 Å². The number of allylic oxidation sites excluding steroid dienone is 4. The minimum atomic E-state index is -4.42. The molecule has 3 nitrogen and oxygen atoms in total. The van der Waals surface area contributed by atoms with Crippen molar-refractivity contribution in [3.05, 3.63) is 50.7 Å². The first-order valence-electron chi connectivity index (χ1n) is 3.05. The second kappa shape index (κ2) is 29.6. The summed E-state index contributed by atoms with van der Waals surface area (Å²) in [4.78, 5) is 0. The van der Waals surface area contributed by atoms with Crippen LogP contribution in [0, 0.1) is 26.4 Å². The van der Waals surface area contributed by atoms with Crippen LogP contribution in [0.4, 0.5) is 13.2 Å². The number of rotatable bonds is 0. The van der Waals surface area contributed by atoms with Gasteiger partial charge in [-0.05, 0) is 0 Å². The monoisotopic (exact) mass is 348 g/mol. The van der Waals surface area contributed by atoms with Crippen LogP contribution in [-0.4, -0.2) is 5.51 Å². The maximum Gasteiger partial charge on any atom is 0.00506 e. The van der Waals surface area contributed by atoms with Crippen molar-refractivity contribution in [1.29, 1.82) is 0 Å². The smallest absolute Gasteiger partial charge is 0.00506 e. The Morgan fingerprint density at radius 3 is 1.00 bits per heavy atom. The standard InChI is InChI=1S/C5H5.CHF3S.3CO.Mo/c1-2-4-5-3-1;2-1(3,4)5;3*1-2;/h1-5H;5H;;;;/p-1. The van der Waals surface area contributed by atoms with Gasteiger partial charge in [0, 0.05) is 27.5 Å². The third-order valence-corrected chi connectivity index (χ3v) is 0.556. The van der Waals surface area contributed by atoms with Gasteiger partial charge < -0.3 is 12.6 Å². The Balaban J connectivity index is -0.0000000380. The van der Waals surface area contributed by atoms with Gasteiger partial charge in [0.2, 0.25) is 0 Å². The topological polar surface area (TPSA) is 59.7 Å². The van der Waals surface area contributed by atoms with E-state index in [1.807, 2.05) is 30.7 Å². The van der Waals surface area contributed by atoms with Crippen molar-refractivity contribution in [2.24, 2.45) is 0 Å². The van der Waals surface area contributed by atoms with Crippen molar-refractivity contribution in [3.63, 3.8) is 0 Å². The minimum absolute atomic E-state index is 0. The van der Waals surface area contributed by atoms with Crippen LogP contribution in [0.1, 0.15) is 0 Å². The normalized spacial score (nSPS) is 9.06. The van der Waals surface area contributed by atoms with Gasteiger partial charge in [0.25, 0.3) is 5.51 Å². The largest absolute Gasteiger partial charge is 0.0767 e. The maximum absolute atomic E-state index is 10.2. The van der Waals surface area contributed by atoms with Crippen molar-refractivity contribution in [2.75, 3.05) is 0 Å². The molecule has 0 amide bonds. The van der Waals surface area contributed by atoms with E-state index >= 15 is 0 Å². The third kappa shape index (κ3) is 139. The molecule has 1 rings (SSSR count). The van der Waals surface area contributed by atoms with Gasteiger partial charge in [-0.2, -0.15) is 13.2 Å². The molecule has 0 atom stereocenters. The fraction of sp³-hybridized carbons (Fsp3) is 0.111. The van der Waals surface area contributed by atoms with Crippen LogP contribution < -0.4 is 0 Å². The van der Waals surface area contributed by atoms with Crippen LogP contribution in [0.2, 0.25) is 0 Å². The summed E-state index contributed by atoms with van der Waals surface area (Å²) in [6.45, 7) is 13.5. The molecule has 1 radical (unpaired) electrons. The molecule has 1 aliphatic rings. The van der Waals surface area contributed by atoms with Crippen LogP contribution in [0.5, 0.6) is 0 Å². The number of alkyl halides is 3. The summed E-state index contributed by atoms with van der Waals surface area (Å²) in [5.41, 5.74) is -4.42. The van der Waals surface area contributed by atoms with Gasteiger partial charge in [0.15, 0.2) is 0 Å². The molecular weight excluding hydrogens is 341 g/mol. The first-order chi connectivity index (χ1) is 7.50. The van der Waals surface area contributed by atoms with E-state index in [-0.39, 0.29) is 21.1 Å². The van der Waals surface area contributed by atoms with E-state index in [0.717, 1.165) is 0 Å². The fourth-order valence-electron chi connectivity index (χ4n) is 0.321. The van der Waals surface area contributed by atoms with E-state index in [1.165, 1.54) is 0 Å². The van der Waals surface area contributed by atoms with Crippen LogP contribution >= 0.6 is 0 Å². The molecule has 0 spiro atoms. The van der Waals surface area contributed by atoms with Crippen LogP contribution in [0.25, 0.3) is 0 Å². The van der Waals surface area contributed by atoms with Gasteiger partial charge in [-0.3, -0.25) is 0 Å². The SMILES string of the molecule is FC(F)(F)[S-].[C-]#[O+].[C-]#[O+].[C-]#[O+].[CH]1C=CC=C1.[Mo]. The van der Waals surface area contributed by atoms with E-state index in [4.69, 9.17) is 14.0 Å². The van der Waals surface area contributed by atoms with E-state index in [9.17, 15) is 13.2 Å². The molecule has 0 unspecified atom stereocenters. The Hall–Kier alpha value is -0.472. The third-order valence-electron chi connectivity index (χ3n) is 0.556. The molecule has 0 aliphatic heterocycles. The Labute approximate surface area is 117 Å². The summed E-state index contributed by atoms with van der Waals surface area (Å²) in [6.07, 6.45) is 10.0. The summed E-state index contributed by atoms with van der Waals surface area (Å²) >= 11 is 2.83. The molecule has 0 heterocycles. The Morgan fingerprint density at radius 1 is 0.765 bits per heavy atom. The zero-order valence-electron chi connectivity index (χ0n) is 8.06. The average Bonchev–Trinajstić information content (AvgIpc) is 2.82. The van der Waals surface area contributed by atoms with Crippen molar-refractivity contribution >= 4 is 12.6 Å².